The van der Waals surface area contributed by atoms with E-state index in [0.29, 0.717) is 0 Å². The molecule has 2 aromatic heterocycles. The van der Waals surface area contributed by atoms with Crippen LogP contribution in [0.3, 0.4) is 0 Å². The lowest BCUT2D eigenvalue weighted by molar-refractivity contribution is -0.147. The summed E-state index contributed by atoms with van der Waals surface area (Å²) in [5, 5.41) is 10.1. The molecule has 18 heteroatoms. The summed E-state index contributed by atoms with van der Waals surface area (Å²) in [4.78, 5) is 35.1. The van der Waals surface area contributed by atoms with Gasteiger partial charge in [-0.2, -0.15) is 26.3 Å². The number of ether oxygens (including phenoxy) is 1. The van der Waals surface area contributed by atoms with Gasteiger partial charge in [0, 0.05) is 29.2 Å². The van der Waals surface area contributed by atoms with Gasteiger partial charge in [0.25, 0.3) is 0 Å². The van der Waals surface area contributed by atoms with E-state index in [1.807, 2.05) is 0 Å². The fourth-order valence-corrected chi connectivity index (χ4v) is 6.11. The third-order valence-electron chi connectivity index (χ3n) is 6.13. The van der Waals surface area contributed by atoms with Gasteiger partial charge >= 0.3 is 18.3 Å². The topological polar surface area (TPSA) is 105 Å². The highest BCUT2D eigenvalue weighted by molar-refractivity contribution is 7.14. The fourth-order valence-electron chi connectivity index (χ4n) is 4.13. The number of likely N-dealkylation sites (N-methyl/N-ethyl adjacent to an activating group) is 1. The Morgan fingerprint density at radius 2 is 1.27 bits per heavy atom. The number of halogens is 8. The first kappa shape index (κ1) is 34.3. The molecule has 3 N–H and O–H groups in total. The number of benzene rings is 2. The molecule has 0 aliphatic rings. The molecule has 0 saturated carbocycles. The Morgan fingerprint density at radius 3 is 1.67 bits per heavy atom. The van der Waals surface area contributed by atoms with Gasteiger partial charge in [-0.05, 0) is 43.3 Å². The van der Waals surface area contributed by atoms with E-state index in [1.54, 1.807) is 6.92 Å². The Balaban J connectivity index is 1.67. The molecule has 0 fully saturated rings. The van der Waals surface area contributed by atoms with Crippen molar-refractivity contribution in [3.63, 3.8) is 0 Å². The second-order valence-electron chi connectivity index (χ2n) is 9.11. The molecule has 4 rings (SSSR count). The van der Waals surface area contributed by atoms with Gasteiger partial charge in [0.1, 0.15) is 11.8 Å². The number of rotatable bonds is 10. The summed E-state index contributed by atoms with van der Waals surface area (Å²) in [6.07, 6.45) is -9.40. The zero-order chi connectivity index (χ0) is 33.1. The van der Waals surface area contributed by atoms with Crippen LogP contribution < -0.4 is 16.0 Å². The Labute approximate surface area is 269 Å². The number of aromatic nitrogens is 2. The van der Waals surface area contributed by atoms with Crippen LogP contribution in [0, 0.1) is 0 Å². The normalized spacial score (nSPS) is 13.2. The Hall–Kier alpha value is -3.60. The monoisotopic (exact) mass is 711 g/mol. The standard InChI is InChI=1S/C27H21Cl2F6N5O3S2/c1-3-43-23(42)21(19-11-45-25(40-19)38-13-5-7-17(29)15(9-13)27(33,34)35)20(22(41)36-2)18-10-44-24(39-18)37-12-4-6-16(28)14(8-12)26(30,31)32/h4-11,20-21H,3H2,1-2H3,(H,36,41)(H,37,39)(H,38,40). The van der Waals surface area contributed by atoms with Crippen molar-refractivity contribution in [3.8, 4) is 0 Å². The van der Waals surface area contributed by atoms with Crippen molar-refractivity contribution < 1.29 is 40.7 Å². The molecule has 1 amide bonds. The van der Waals surface area contributed by atoms with Crippen molar-refractivity contribution in [1.29, 1.82) is 0 Å². The van der Waals surface area contributed by atoms with Gasteiger partial charge in [-0.15, -0.1) is 22.7 Å². The molecular weight excluding hydrogens is 691 g/mol. The number of hydrogen-bond acceptors (Lipinski definition) is 9. The van der Waals surface area contributed by atoms with E-state index in [-0.39, 0.29) is 39.6 Å². The molecule has 0 saturated heterocycles. The van der Waals surface area contributed by atoms with Gasteiger partial charge in [0.2, 0.25) is 5.91 Å². The van der Waals surface area contributed by atoms with E-state index in [2.05, 4.69) is 25.9 Å². The van der Waals surface area contributed by atoms with Gasteiger partial charge < -0.3 is 20.7 Å². The number of nitrogens with zero attached hydrogens (tertiary/aromatic N) is 2. The number of alkyl halides is 6. The number of esters is 1. The first-order chi connectivity index (χ1) is 21.1. The highest BCUT2D eigenvalue weighted by atomic mass is 35.5. The molecule has 2 heterocycles. The van der Waals surface area contributed by atoms with Crippen LogP contribution >= 0.6 is 45.9 Å². The van der Waals surface area contributed by atoms with Gasteiger partial charge in [-0.25, -0.2) is 9.97 Å². The summed E-state index contributed by atoms with van der Waals surface area (Å²) in [7, 11) is 1.34. The van der Waals surface area contributed by atoms with Gasteiger partial charge in [-0.1, -0.05) is 23.2 Å². The predicted octanol–water partition coefficient (Wildman–Crippen LogP) is 8.61. The predicted molar refractivity (Wildman–Crippen MR) is 160 cm³/mol. The quantitative estimate of drug-likeness (QED) is 0.112. The third kappa shape index (κ3) is 8.17. The molecular formula is C27H21Cl2F6N5O3S2. The maximum Gasteiger partial charge on any atom is 0.417 e. The van der Waals surface area contributed by atoms with E-state index < -0.39 is 57.2 Å². The molecule has 240 valence electrons. The first-order valence-corrected chi connectivity index (χ1v) is 15.2. The maximum atomic E-state index is 13.3. The number of hydrogen-bond donors (Lipinski definition) is 3. The molecule has 2 atom stereocenters. The van der Waals surface area contributed by atoms with Crippen LogP contribution in [-0.2, 0) is 26.7 Å². The zero-order valence-corrected chi connectivity index (χ0v) is 26.1. The van der Waals surface area contributed by atoms with Crippen LogP contribution in [0.1, 0.15) is 41.3 Å². The van der Waals surface area contributed by atoms with E-state index in [4.69, 9.17) is 27.9 Å². The minimum Gasteiger partial charge on any atom is -0.465 e. The van der Waals surface area contributed by atoms with Crippen LogP contribution in [0.4, 0.5) is 48.0 Å². The van der Waals surface area contributed by atoms with Gasteiger partial charge in [0.05, 0.1) is 39.2 Å². The lowest BCUT2D eigenvalue weighted by Crippen LogP contribution is -2.34. The summed E-state index contributed by atoms with van der Waals surface area (Å²) in [6, 6.07) is 6.40. The summed E-state index contributed by atoms with van der Waals surface area (Å²) in [6.45, 7) is 1.51. The SMILES string of the molecule is CCOC(=O)C(c1csc(Nc2ccc(Cl)c(C(F)(F)F)c2)n1)C(C(=O)NC)c1csc(Nc2ccc(Cl)c(C(F)(F)F)c2)n1. The highest BCUT2D eigenvalue weighted by Crippen LogP contribution is 2.41. The summed E-state index contributed by atoms with van der Waals surface area (Å²) in [5.41, 5.74) is -1.92. The number of anilines is 4. The second-order valence-corrected chi connectivity index (χ2v) is 11.6. The number of nitrogens with one attached hydrogen (secondary N) is 3. The first-order valence-electron chi connectivity index (χ1n) is 12.7. The fraction of sp³-hybridized carbons (Fsp3) is 0.259. The van der Waals surface area contributed by atoms with E-state index in [0.717, 1.165) is 46.9 Å². The Morgan fingerprint density at radius 1 is 0.822 bits per heavy atom. The van der Waals surface area contributed by atoms with Crippen LogP contribution in [0.15, 0.2) is 47.2 Å². The maximum absolute atomic E-state index is 13.3. The second kappa shape index (κ2) is 13.8. The van der Waals surface area contributed by atoms with Crippen molar-refractivity contribution in [1.82, 2.24) is 15.3 Å². The average Bonchev–Trinajstić information content (AvgIpc) is 3.61. The third-order valence-corrected chi connectivity index (χ3v) is 8.34. The van der Waals surface area contributed by atoms with Crippen LogP contribution in [0.5, 0.6) is 0 Å². The lowest BCUT2D eigenvalue weighted by atomic mass is 9.87. The summed E-state index contributed by atoms with van der Waals surface area (Å²) < 4.78 is 85.2. The van der Waals surface area contributed by atoms with Crippen molar-refractivity contribution >= 4 is 79.4 Å². The number of carbonyl (C=O) groups is 2. The van der Waals surface area contributed by atoms with Gasteiger partial charge in [0.15, 0.2) is 10.3 Å². The number of carbonyl (C=O) groups excluding carboxylic acids is 2. The Bertz CT molecular complexity index is 1700. The van der Waals surface area contributed by atoms with Gasteiger partial charge in [-0.3, -0.25) is 9.59 Å². The molecule has 0 radical (unpaired) electrons. The molecule has 4 aromatic rings. The molecule has 45 heavy (non-hydrogen) atoms. The zero-order valence-electron chi connectivity index (χ0n) is 22.9. The summed E-state index contributed by atoms with van der Waals surface area (Å²) >= 11 is 13.3. The van der Waals surface area contributed by atoms with E-state index in [9.17, 15) is 35.9 Å². The average molecular weight is 713 g/mol. The van der Waals surface area contributed by atoms with Crippen LogP contribution in [-0.4, -0.2) is 35.5 Å². The molecule has 2 aromatic carbocycles. The molecule has 0 bridgehead atoms. The van der Waals surface area contributed by atoms with Crippen LogP contribution in [0.25, 0.3) is 0 Å². The smallest absolute Gasteiger partial charge is 0.417 e. The van der Waals surface area contributed by atoms with E-state index in [1.165, 1.54) is 29.9 Å². The molecule has 0 aliphatic carbocycles. The Kier molecular flexibility index (Phi) is 10.5. The van der Waals surface area contributed by atoms with Crippen molar-refractivity contribution in [3.05, 3.63) is 79.7 Å². The largest absolute Gasteiger partial charge is 0.465 e. The molecule has 8 nitrogen and oxygen atoms in total. The minimum atomic E-state index is -4.70. The lowest BCUT2D eigenvalue weighted by Gasteiger charge is -2.22. The number of amides is 1. The van der Waals surface area contributed by atoms with E-state index >= 15 is 0 Å². The molecule has 2 unspecified atom stereocenters. The summed E-state index contributed by atoms with van der Waals surface area (Å²) in [5.74, 6) is -4.14. The highest BCUT2D eigenvalue weighted by Gasteiger charge is 2.41. The minimum absolute atomic E-state index is 0.0225. The van der Waals surface area contributed by atoms with Crippen molar-refractivity contribution in [2.24, 2.45) is 0 Å². The number of thiazole rings is 2. The molecule has 0 spiro atoms. The van der Waals surface area contributed by atoms with Crippen LogP contribution in [0.2, 0.25) is 10.0 Å². The molecule has 0 aliphatic heterocycles. The van der Waals surface area contributed by atoms with Crippen molar-refractivity contribution in [2.45, 2.75) is 31.1 Å². The van der Waals surface area contributed by atoms with Crippen molar-refractivity contribution in [2.75, 3.05) is 24.3 Å².